The van der Waals surface area contributed by atoms with Gasteiger partial charge in [-0.05, 0) is 31.4 Å². The Morgan fingerprint density at radius 2 is 2.10 bits per heavy atom. The van der Waals surface area contributed by atoms with Crippen molar-refractivity contribution in [2.45, 2.75) is 38.9 Å². The fraction of sp³-hybridized carbons (Fsp3) is 0.375. The maximum atomic E-state index is 12.8. The maximum absolute atomic E-state index is 12.8. The number of nitrogens with zero attached hydrogens (tertiary/aromatic N) is 2. The topological polar surface area (TPSA) is 46.9 Å². The van der Waals surface area contributed by atoms with Gasteiger partial charge in [0.15, 0.2) is 5.78 Å². The lowest BCUT2D eigenvalue weighted by molar-refractivity contribution is 0.0925. The van der Waals surface area contributed by atoms with E-state index in [2.05, 4.69) is 22.5 Å². The Hall–Kier alpha value is -1.65. The third-order valence-electron chi connectivity index (χ3n) is 3.87. The standard InChI is InChI=1S/C16H18ClN3O/c1-10(2)20-15(13(17)9-19-20)16(21)14-7-11-5-3-4-6-12(11)8-18-14/h3-6,9-10,14,18H,7-8H2,1-2H3. The van der Waals surface area contributed by atoms with Crippen LogP contribution in [0.25, 0.3) is 0 Å². The van der Waals surface area contributed by atoms with E-state index in [1.54, 1.807) is 10.9 Å². The Kier molecular flexibility index (Phi) is 3.83. The van der Waals surface area contributed by atoms with Crippen molar-refractivity contribution >= 4 is 17.4 Å². The summed E-state index contributed by atoms with van der Waals surface area (Å²) in [5, 5.41) is 7.94. The lowest BCUT2D eigenvalue weighted by Crippen LogP contribution is -2.42. The molecule has 0 radical (unpaired) electrons. The van der Waals surface area contributed by atoms with Gasteiger partial charge >= 0.3 is 0 Å². The summed E-state index contributed by atoms with van der Waals surface area (Å²) in [6, 6.07) is 8.07. The molecule has 1 N–H and O–H groups in total. The van der Waals surface area contributed by atoms with Crippen molar-refractivity contribution in [3.63, 3.8) is 0 Å². The molecule has 21 heavy (non-hydrogen) atoms. The number of nitrogens with one attached hydrogen (secondary N) is 1. The molecule has 0 spiro atoms. The second kappa shape index (κ2) is 5.62. The van der Waals surface area contributed by atoms with E-state index in [0.29, 0.717) is 23.7 Å². The van der Waals surface area contributed by atoms with Crippen LogP contribution in [0, 0.1) is 0 Å². The summed E-state index contributed by atoms with van der Waals surface area (Å²) in [5.41, 5.74) is 2.98. The lowest BCUT2D eigenvalue weighted by Gasteiger charge is -2.25. The van der Waals surface area contributed by atoms with Crippen LogP contribution in [-0.4, -0.2) is 21.6 Å². The first-order valence-electron chi connectivity index (χ1n) is 7.15. The van der Waals surface area contributed by atoms with E-state index in [1.807, 2.05) is 26.0 Å². The van der Waals surface area contributed by atoms with Crippen molar-refractivity contribution in [2.24, 2.45) is 0 Å². The molecule has 2 heterocycles. The first-order valence-corrected chi connectivity index (χ1v) is 7.53. The minimum Gasteiger partial charge on any atom is -0.303 e. The largest absolute Gasteiger partial charge is 0.303 e. The number of halogens is 1. The Labute approximate surface area is 129 Å². The monoisotopic (exact) mass is 303 g/mol. The number of rotatable bonds is 3. The molecule has 0 aliphatic carbocycles. The molecule has 0 fully saturated rings. The summed E-state index contributed by atoms with van der Waals surface area (Å²) in [7, 11) is 0. The molecule has 0 saturated carbocycles. The first-order chi connectivity index (χ1) is 10.1. The van der Waals surface area contributed by atoms with E-state index >= 15 is 0 Å². The van der Waals surface area contributed by atoms with Crippen molar-refractivity contribution in [1.82, 2.24) is 15.1 Å². The lowest BCUT2D eigenvalue weighted by atomic mass is 9.92. The van der Waals surface area contributed by atoms with Crippen LogP contribution in [0.3, 0.4) is 0 Å². The first kappa shape index (κ1) is 14.3. The molecule has 0 amide bonds. The average Bonchev–Trinajstić information content (AvgIpc) is 2.88. The van der Waals surface area contributed by atoms with Gasteiger partial charge in [-0.3, -0.25) is 9.48 Å². The molecule has 0 saturated heterocycles. The molecule has 1 aliphatic rings. The van der Waals surface area contributed by atoms with Crippen molar-refractivity contribution in [3.8, 4) is 0 Å². The van der Waals surface area contributed by atoms with E-state index in [-0.39, 0.29) is 17.9 Å². The van der Waals surface area contributed by atoms with Crippen LogP contribution in [-0.2, 0) is 13.0 Å². The van der Waals surface area contributed by atoms with E-state index in [1.165, 1.54) is 11.1 Å². The van der Waals surface area contributed by atoms with Gasteiger partial charge < -0.3 is 5.32 Å². The molecule has 1 aromatic carbocycles. The van der Waals surface area contributed by atoms with E-state index in [9.17, 15) is 4.79 Å². The number of hydrogen-bond acceptors (Lipinski definition) is 3. The summed E-state index contributed by atoms with van der Waals surface area (Å²) in [5.74, 6) is 0.0145. The van der Waals surface area contributed by atoms with Crippen LogP contribution in [0.2, 0.25) is 5.02 Å². The zero-order valence-corrected chi connectivity index (χ0v) is 12.9. The maximum Gasteiger partial charge on any atom is 0.199 e. The predicted octanol–water partition coefficient (Wildman–Crippen LogP) is 3.01. The van der Waals surface area contributed by atoms with Gasteiger partial charge in [0, 0.05) is 12.6 Å². The molecule has 5 heteroatoms. The van der Waals surface area contributed by atoms with Gasteiger partial charge in [-0.1, -0.05) is 35.9 Å². The van der Waals surface area contributed by atoms with Gasteiger partial charge in [0.1, 0.15) is 5.69 Å². The fourth-order valence-corrected chi connectivity index (χ4v) is 2.99. The number of carbonyl (C=O) groups excluding carboxylic acids is 1. The molecular weight excluding hydrogens is 286 g/mol. The highest BCUT2D eigenvalue weighted by atomic mass is 35.5. The summed E-state index contributed by atoms with van der Waals surface area (Å²) >= 11 is 6.17. The number of benzene rings is 1. The van der Waals surface area contributed by atoms with Crippen LogP contribution in [0.4, 0.5) is 0 Å². The molecule has 1 aromatic heterocycles. The van der Waals surface area contributed by atoms with Gasteiger partial charge in [-0.25, -0.2) is 0 Å². The van der Waals surface area contributed by atoms with Gasteiger partial charge in [0.05, 0.1) is 17.3 Å². The zero-order chi connectivity index (χ0) is 15.0. The Bertz CT molecular complexity index is 678. The summed E-state index contributed by atoms with van der Waals surface area (Å²) in [6.45, 7) is 4.69. The Balaban J connectivity index is 1.89. The number of Topliss-reactive ketones (excluding diaryl/α,β-unsaturated/α-hetero) is 1. The fourth-order valence-electron chi connectivity index (χ4n) is 2.77. The normalized spacial score (nSPS) is 17.8. The van der Waals surface area contributed by atoms with Crippen LogP contribution < -0.4 is 5.32 Å². The second-order valence-corrected chi connectivity index (χ2v) is 6.06. The number of fused-ring (bicyclic) bond motifs is 1. The van der Waals surface area contributed by atoms with Crippen LogP contribution in [0.5, 0.6) is 0 Å². The molecule has 2 aromatic rings. The van der Waals surface area contributed by atoms with Crippen molar-refractivity contribution in [1.29, 1.82) is 0 Å². The highest BCUT2D eigenvalue weighted by Crippen LogP contribution is 2.24. The second-order valence-electron chi connectivity index (χ2n) is 5.65. The third-order valence-corrected chi connectivity index (χ3v) is 4.15. The minimum absolute atomic E-state index is 0.0145. The molecule has 1 unspecified atom stereocenters. The van der Waals surface area contributed by atoms with E-state index in [4.69, 9.17) is 11.6 Å². The Morgan fingerprint density at radius 1 is 1.38 bits per heavy atom. The zero-order valence-electron chi connectivity index (χ0n) is 12.1. The highest BCUT2D eigenvalue weighted by Gasteiger charge is 2.29. The van der Waals surface area contributed by atoms with E-state index in [0.717, 1.165) is 0 Å². The molecule has 1 aliphatic heterocycles. The number of carbonyl (C=O) groups is 1. The van der Waals surface area contributed by atoms with Gasteiger partial charge in [0.2, 0.25) is 0 Å². The van der Waals surface area contributed by atoms with Crippen LogP contribution in [0.1, 0.15) is 41.5 Å². The molecular formula is C16H18ClN3O. The van der Waals surface area contributed by atoms with Crippen LogP contribution in [0.15, 0.2) is 30.5 Å². The number of aromatic nitrogens is 2. The predicted molar refractivity (Wildman–Crippen MR) is 82.7 cm³/mol. The number of ketones is 1. The quantitative estimate of drug-likeness (QED) is 0.887. The average molecular weight is 304 g/mol. The summed E-state index contributed by atoms with van der Waals surface area (Å²) in [6.07, 6.45) is 2.24. The van der Waals surface area contributed by atoms with E-state index < -0.39 is 0 Å². The molecule has 0 bridgehead atoms. The van der Waals surface area contributed by atoms with Gasteiger partial charge in [-0.2, -0.15) is 5.10 Å². The van der Waals surface area contributed by atoms with Crippen LogP contribution >= 0.6 is 11.6 Å². The Morgan fingerprint density at radius 3 is 2.81 bits per heavy atom. The SMILES string of the molecule is CC(C)n1ncc(Cl)c1C(=O)C1Cc2ccccc2CN1. The molecule has 110 valence electrons. The minimum atomic E-state index is -0.244. The molecule has 3 rings (SSSR count). The van der Waals surface area contributed by atoms with Crippen molar-refractivity contribution < 1.29 is 4.79 Å². The summed E-state index contributed by atoms with van der Waals surface area (Å²) < 4.78 is 1.70. The molecule has 1 atom stereocenters. The van der Waals surface area contributed by atoms with Gasteiger partial charge in [-0.15, -0.1) is 0 Å². The van der Waals surface area contributed by atoms with Gasteiger partial charge in [0.25, 0.3) is 0 Å². The number of hydrogen-bond donors (Lipinski definition) is 1. The molecule has 4 nitrogen and oxygen atoms in total. The smallest absolute Gasteiger partial charge is 0.199 e. The highest BCUT2D eigenvalue weighted by molar-refractivity contribution is 6.33. The third kappa shape index (κ3) is 2.61. The summed E-state index contributed by atoms with van der Waals surface area (Å²) in [4.78, 5) is 12.8. The van der Waals surface area contributed by atoms with Crippen molar-refractivity contribution in [3.05, 3.63) is 52.3 Å². The van der Waals surface area contributed by atoms with Crippen molar-refractivity contribution in [2.75, 3.05) is 0 Å².